The second-order valence-corrected chi connectivity index (χ2v) is 5.01. The molecule has 1 aromatic heterocycles. The molecule has 0 bridgehead atoms. The summed E-state index contributed by atoms with van der Waals surface area (Å²) in [7, 11) is 0. The van der Waals surface area contributed by atoms with Gasteiger partial charge in [0, 0.05) is 0 Å². The van der Waals surface area contributed by atoms with Gasteiger partial charge in [-0.2, -0.15) is 0 Å². The average molecular weight is 321 g/mol. The Morgan fingerprint density at radius 2 is 2.05 bits per heavy atom. The van der Waals surface area contributed by atoms with Crippen LogP contribution in [0.1, 0.15) is 21.5 Å². The van der Waals surface area contributed by atoms with E-state index in [0.29, 0.717) is 11.3 Å². The maximum absolute atomic E-state index is 12.1. The molecule has 0 fully saturated rings. The second-order valence-electron chi connectivity index (χ2n) is 4.26. The van der Waals surface area contributed by atoms with Crippen molar-refractivity contribution < 1.29 is 9.90 Å². The Bertz CT molecular complexity index is 641. The van der Waals surface area contributed by atoms with Crippen molar-refractivity contribution in [3.05, 3.63) is 51.8 Å². The first-order chi connectivity index (χ1) is 8.99. The van der Waals surface area contributed by atoms with Crippen LogP contribution in [-0.2, 0) is 0 Å². The number of amides is 1. The lowest BCUT2D eigenvalue weighted by molar-refractivity contribution is 0.102. The first-order valence-electron chi connectivity index (χ1n) is 5.71. The normalized spacial score (nSPS) is 10.3. The van der Waals surface area contributed by atoms with Crippen molar-refractivity contribution in [2.75, 3.05) is 5.32 Å². The molecule has 0 saturated heterocycles. The Morgan fingerprint density at radius 1 is 1.32 bits per heavy atom. The van der Waals surface area contributed by atoms with E-state index in [1.165, 1.54) is 0 Å². The number of phenols is 1. The fraction of sp³-hybridized carbons (Fsp3) is 0.143. The van der Waals surface area contributed by atoms with Crippen LogP contribution in [0.4, 0.5) is 5.69 Å². The fourth-order valence-electron chi connectivity index (χ4n) is 1.67. The van der Waals surface area contributed by atoms with Crippen LogP contribution < -0.4 is 5.32 Å². The van der Waals surface area contributed by atoms with Gasteiger partial charge >= 0.3 is 0 Å². The molecule has 1 aromatic carbocycles. The number of carbonyl (C=O) groups excluding carboxylic acids is 1. The standard InChI is InChI=1S/C14H13BrN2O2/c1-8-4-3-5-11(12(8)18)14(19)17-10-6-9(2)13(15)16-7-10/h3-7,18H,1-2H3,(H,17,19). The number of phenolic OH excluding ortho intramolecular Hbond substituents is 1. The predicted octanol–water partition coefficient (Wildman–Crippen LogP) is 3.42. The van der Waals surface area contributed by atoms with Gasteiger partial charge in [-0.15, -0.1) is 0 Å². The molecule has 0 aliphatic rings. The van der Waals surface area contributed by atoms with Crippen LogP contribution in [0.5, 0.6) is 5.75 Å². The molecule has 0 aliphatic heterocycles. The molecule has 1 amide bonds. The number of hydrogen-bond donors (Lipinski definition) is 2. The number of aromatic hydroxyl groups is 1. The van der Waals surface area contributed by atoms with Crippen LogP contribution in [0.15, 0.2) is 35.1 Å². The van der Waals surface area contributed by atoms with E-state index in [2.05, 4.69) is 26.2 Å². The Morgan fingerprint density at radius 3 is 2.74 bits per heavy atom. The molecule has 0 unspecified atom stereocenters. The van der Waals surface area contributed by atoms with Gasteiger partial charge in [0.2, 0.25) is 0 Å². The van der Waals surface area contributed by atoms with Crippen LogP contribution in [0.25, 0.3) is 0 Å². The predicted molar refractivity (Wildman–Crippen MR) is 77.5 cm³/mol. The van der Waals surface area contributed by atoms with Gasteiger partial charge in [0.25, 0.3) is 5.91 Å². The highest BCUT2D eigenvalue weighted by Crippen LogP contribution is 2.23. The topological polar surface area (TPSA) is 62.2 Å². The summed E-state index contributed by atoms with van der Waals surface area (Å²) in [5, 5.41) is 12.6. The molecular formula is C14H13BrN2O2. The van der Waals surface area contributed by atoms with Gasteiger partial charge in [-0.3, -0.25) is 4.79 Å². The largest absolute Gasteiger partial charge is 0.507 e. The molecular weight excluding hydrogens is 308 g/mol. The quantitative estimate of drug-likeness (QED) is 0.833. The zero-order valence-electron chi connectivity index (χ0n) is 10.6. The molecule has 2 N–H and O–H groups in total. The van der Waals surface area contributed by atoms with Crippen molar-refractivity contribution in [3.8, 4) is 5.75 Å². The van der Waals surface area contributed by atoms with E-state index >= 15 is 0 Å². The molecule has 2 aromatic rings. The summed E-state index contributed by atoms with van der Waals surface area (Å²) in [5.74, 6) is -0.355. The molecule has 0 spiro atoms. The Hall–Kier alpha value is -1.88. The number of halogens is 1. The van der Waals surface area contributed by atoms with E-state index in [-0.39, 0.29) is 17.2 Å². The number of nitrogens with zero attached hydrogens (tertiary/aromatic N) is 1. The maximum atomic E-state index is 12.1. The van der Waals surface area contributed by atoms with Gasteiger partial charge in [-0.25, -0.2) is 4.98 Å². The van der Waals surface area contributed by atoms with E-state index in [4.69, 9.17) is 0 Å². The zero-order valence-corrected chi connectivity index (χ0v) is 12.2. The highest BCUT2D eigenvalue weighted by Gasteiger charge is 2.13. The zero-order chi connectivity index (χ0) is 14.0. The number of aryl methyl sites for hydroxylation is 2. The van der Waals surface area contributed by atoms with Gasteiger partial charge in [0.1, 0.15) is 10.4 Å². The Kier molecular flexibility index (Phi) is 3.85. The first kappa shape index (κ1) is 13.5. The van der Waals surface area contributed by atoms with Crippen molar-refractivity contribution in [2.24, 2.45) is 0 Å². The molecule has 0 atom stereocenters. The minimum Gasteiger partial charge on any atom is -0.507 e. The number of aromatic nitrogens is 1. The Labute approximate surface area is 119 Å². The lowest BCUT2D eigenvalue weighted by atomic mass is 10.1. The van der Waals surface area contributed by atoms with Crippen molar-refractivity contribution in [2.45, 2.75) is 13.8 Å². The van der Waals surface area contributed by atoms with Crippen LogP contribution in [0.2, 0.25) is 0 Å². The average Bonchev–Trinajstić information content (AvgIpc) is 2.37. The summed E-state index contributed by atoms with van der Waals surface area (Å²) in [6.45, 7) is 3.63. The Balaban J connectivity index is 2.26. The number of para-hydroxylation sites is 1. The van der Waals surface area contributed by atoms with Gasteiger partial charge in [0.15, 0.2) is 0 Å². The maximum Gasteiger partial charge on any atom is 0.259 e. The third-order valence-corrected chi connectivity index (χ3v) is 3.58. The van der Waals surface area contributed by atoms with Crippen molar-refractivity contribution in [1.29, 1.82) is 0 Å². The third kappa shape index (κ3) is 2.93. The summed E-state index contributed by atoms with van der Waals surface area (Å²) in [5.41, 5.74) is 2.43. The highest BCUT2D eigenvalue weighted by molar-refractivity contribution is 9.10. The number of benzene rings is 1. The summed E-state index contributed by atoms with van der Waals surface area (Å²) in [6, 6.07) is 6.87. The van der Waals surface area contributed by atoms with E-state index in [0.717, 1.165) is 10.2 Å². The van der Waals surface area contributed by atoms with Crippen molar-refractivity contribution in [1.82, 2.24) is 4.98 Å². The second kappa shape index (κ2) is 5.40. The number of pyridine rings is 1. The number of rotatable bonds is 2. The van der Waals surface area contributed by atoms with Crippen molar-refractivity contribution >= 4 is 27.5 Å². The van der Waals surface area contributed by atoms with E-state index in [1.807, 2.05) is 13.0 Å². The monoisotopic (exact) mass is 320 g/mol. The smallest absolute Gasteiger partial charge is 0.259 e. The van der Waals surface area contributed by atoms with E-state index in [9.17, 15) is 9.90 Å². The van der Waals surface area contributed by atoms with E-state index < -0.39 is 0 Å². The summed E-state index contributed by atoms with van der Waals surface area (Å²) in [4.78, 5) is 16.2. The molecule has 0 aliphatic carbocycles. The van der Waals surface area contributed by atoms with Crippen LogP contribution >= 0.6 is 15.9 Å². The molecule has 2 rings (SSSR count). The number of carbonyl (C=O) groups is 1. The molecule has 5 heteroatoms. The summed E-state index contributed by atoms with van der Waals surface area (Å²) in [6.07, 6.45) is 1.56. The molecule has 1 heterocycles. The lowest BCUT2D eigenvalue weighted by Crippen LogP contribution is -2.12. The lowest BCUT2D eigenvalue weighted by Gasteiger charge is -2.09. The third-order valence-electron chi connectivity index (χ3n) is 2.75. The fourth-order valence-corrected chi connectivity index (χ4v) is 1.88. The molecule has 0 radical (unpaired) electrons. The summed E-state index contributed by atoms with van der Waals surface area (Å²) < 4.78 is 0.740. The van der Waals surface area contributed by atoms with E-state index in [1.54, 1.807) is 31.3 Å². The van der Waals surface area contributed by atoms with Crippen molar-refractivity contribution in [3.63, 3.8) is 0 Å². The number of hydrogen-bond acceptors (Lipinski definition) is 3. The summed E-state index contributed by atoms with van der Waals surface area (Å²) >= 11 is 3.30. The van der Waals surface area contributed by atoms with Gasteiger partial charge in [-0.05, 0) is 53.0 Å². The van der Waals surface area contributed by atoms with Crippen LogP contribution in [0.3, 0.4) is 0 Å². The molecule has 0 saturated carbocycles. The number of anilines is 1. The van der Waals surface area contributed by atoms with Gasteiger partial charge in [-0.1, -0.05) is 12.1 Å². The van der Waals surface area contributed by atoms with Gasteiger partial charge < -0.3 is 10.4 Å². The molecule has 98 valence electrons. The highest BCUT2D eigenvalue weighted by atomic mass is 79.9. The first-order valence-corrected chi connectivity index (χ1v) is 6.50. The van der Waals surface area contributed by atoms with Gasteiger partial charge in [0.05, 0.1) is 17.4 Å². The molecule has 19 heavy (non-hydrogen) atoms. The minimum atomic E-state index is -0.357. The minimum absolute atomic E-state index is 0.00166. The SMILES string of the molecule is Cc1cc(NC(=O)c2cccc(C)c2O)cnc1Br. The van der Waals surface area contributed by atoms with Crippen LogP contribution in [0, 0.1) is 13.8 Å². The molecule has 4 nitrogen and oxygen atoms in total. The number of nitrogens with one attached hydrogen (secondary N) is 1. The van der Waals surface area contributed by atoms with Crippen LogP contribution in [-0.4, -0.2) is 16.0 Å².